The quantitative estimate of drug-likeness (QED) is 0.809. The Morgan fingerprint density at radius 3 is 2.85 bits per heavy atom. The third-order valence-electron chi connectivity index (χ3n) is 3.98. The molecule has 1 aliphatic rings. The van der Waals surface area contributed by atoms with Gasteiger partial charge in [-0.1, -0.05) is 35.7 Å². The van der Waals surface area contributed by atoms with Gasteiger partial charge < -0.3 is 10.3 Å². The third kappa shape index (κ3) is 2.88. The van der Waals surface area contributed by atoms with Crippen LogP contribution in [0.2, 0.25) is 10.0 Å². The van der Waals surface area contributed by atoms with Gasteiger partial charge >= 0.3 is 0 Å². The molecule has 20 heavy (non-hydrogen) atoms. The van der Waals surface area contributed by atoms with Crippen LogP contribution in [0.15, 0.2) is 30.6 Å². The first-order valence-corrected chi connectivity index (χ1v) is 7.77. The Morgan fingerprint density at radius 1 is 1.20 bits per heavy atom. The summed E-state index contributed by atoms with van der Waals surface area (Å²) in [7, 11) is 0. The van der Waals surface area contributed by atoms with Gasteiger partial charge in [-0.2, -0.15) is 0 Å². The first kappa shape index (κ1) is 14.0. The van der Waals surface area contributed by atoms with E-state index in [0.717, 1.165) is 24.9 Å². The predicted molar refractivity (Wildman–Crippen MR) is 84.5 cm³/mol. The number of nitrogens with two attached hydrogens (primary N) is 1. The summed E-state index contributed by atoms with van der Waals surface area (Å²) in [6, 6.07) is 5.83. The molecule has 2 N–H and O–H groups in total. The maximum atomic E-state index is 6.25. The Labute approximate surface area is 129 Å². The van der Waals surface area contributed by atoms with Crippen molar-refractivity contribution in [3.05, 3.63) is 57.3 Å². The van der Waals surface area contributed by atoms with Crippen LogP contribution < -0.4 is 5.73 Å². The van der Waals surface area contributed by atoms with Crippen molar-refractivity contribution < 1.29 is 0 Å². The van der Waals surface area contributed by atoms with E-state index in [1.807, 2.05) is 12.1 Å². The van der Waals surface area contributed by atoms with Crippen LogP contribution >= 0.6 is 23.2 Å². The molecule has 0 radical (unpaired) electrons. The molecule has 0 bridgehead atoms. The summed E-state index contributed by atoms with van der Waals surface area (Å²) < 4.78 is 2.19. The van der Waals surface area contributed by atoms with Crippen molar-refractivity contribution in [3.8, 4) is 0 Å². The maximum absolute atomic E-state index is 6.25. The Balaban J connectivity index is 1.87. The molecule has 0 saturated carbocycles. The molecule has 1 atom stereocenters. The monoisotopic (exact) mass is 308 g/mol. The van der Waals surface area contributed by atoms with Gasteiger partial charge in [-0.3, -0.25) is 0 Å². The van der Waals surface area contributed by atoms with Crippen molar-refractivity contribution in [1.29, 1.82) is 0 Å². The van der Waals surface area contributed by atoms with E-state index in [0.29, 0.717) is 10.0 Å². The minimum absolute atomic E-state index is 0.175. The molecular formula is C16H18Cl2N2. The van der Waals surface area contributed by atoms with Gasteiger partial charge in [0, 0.05) is 35.0 Å². The van der Waals surface area contributed by atoms with Crippen molar-refractivity contribution in [3.63, 3.8) is 0 Å². The lowest BCUT2D eigenvalue weighted by molar-refractivity contribution is 0.610. The molecular weight excluding hydrogens is 291 g/mol. The molecule has 1 heterocycles. The van der Waals surface area contributed by atoms with E-state index < -0.39 is 0 Å². The van der Waals surface area contributed by atoms with E-state index in [4.69, 9.17) is 28.9 Å². The Hall–Kier alpha value is -0.960. The highest BCUT2D eigenvalue weighted by Crippen LogP contribution is 2.29. The van der Waals surface area contributed by atoms with Crippen LogP contribution in [0.3, 0.4) is 0 Å². The summed E-state index contributed by atoms with van der Waals surface area (Å²) in [5.74, 6) is 0. The number of rotatable bonds is 2. The average molecular weight is 309 g/mol. The molecule has 0 spiro atoms. The van der Waals surface area contributed by atoms with E-state index in [1.165, 1.54) is 24.0 Å². The number of aromatic nitrogens is 1. The fraction of sp³-hybridized carbons (Fsp3) is 0.375. The number of nitrogens with zero attached hydrogens (tertiary/aromatic N) is 1. The zero-order valence-corrected chi connectivity index (χ0v) is 12.8. The Bertz CT molecular complexity index is 619. The predicted octanol–water partition coefficient (Wildman–Crippen LogP) is 4.57. The number of fused-ring (bicyclic) bond motifs is 1. The second-order valence-corrected chi connectivity index (χ2v) is 6.34. The number of halogens is 2. The fourth-order valence-corrected chi connectivity index (χ4v) is 3.36. The standard InChI is InChI=1S/C16H18Cl2N2/c17-13-6-5-12(15(18)7-13)9-20-8-11-3-1-2-4-16(19)14(11)10-20/h5-8,10,16H,1-4,9,19H2. The second kappa shape index (κ2) is 5.80. The average Bonchev–Trinajstić information content (AvgIpc) is 2.73. The largest absolute Gasteiger partial charge is 0.349 e. The first-order valence-electron chi connectivity index (χ1n) is 7.01. The SMILES string of the molecule is NC1CCCCc2cn(Cc3ccc(Cl)cc3Cl)cc21. The van der Waals surface area contributed by atoms with E-state index in [-0.39, 0.29) is 6.04 Å². The van der Waals surface area contributed by atoms with E-state index in [9.17, 15) is 0 Å². The van der Waals surface area contributed by atoms with E-state index in [2.05, 4.69) is 17.0 Å². The topological polar surface area (TPSA) is 30.9 Å². The van der Waals surface area contributed by atoms with Gasteiger partial charge in [-0.05, 0) is 48.1 Å². The minimum atomic E-state index is 0.175. The smallest absolute Gasteiger partial charge is 0.0485 e. The minimum Gasteiger partial charge on any atom is -0.349 e. The Kier molecular flexibility index (Phi) is 4.06. The fourth-order valence-electron chi connectivity index (χ4n) is 2.89. The van der Waals surface area contributed by atoms with Crippen LogP contribution in [0, 0.1) is 0 Å². The third-order valence-corrected chi connectivity index (χ3v) is 4.56. The van der Waals surface area contributed by atoms with Gasteiger partial charge in [0.25, 0.3) is 0 Å². The molecule has 4 heteroatoms. The summed E-state index contributed by atoms with van der Waals surface area (Å²) >= 11 is 12.2. The van der Waals surface area contributed by atoms with Crippen LogP contribution in [0.4, 0.5) is 0 Å². The van der Waals surface area contributed by atoms with Crippen molar-refractivity contribution >= 4 is 23.2 Å². The van der Waals surface area contributed by atoms with Gasteiger partial charge in [0.15, 0.2) is 0 Å². The van der Waals surface area contributed by atoms with Crippen molar-refractivity contribution in [2.24, 2.45) is 5.73 Å². The zero-order chi connectivity index (χ0) is 14.1. The van der Waals surface area contributed by atoms with Crippen LogP contribution in [0.25, 0.3) is 0 Å². The molecule has 2 nitrogen and oxygen atoms in total. The van der Waals surface area contributed by atoms with Crippen LogP contribution in [-0.4, -0.2) is 4.57 Å². The van der Waals surface area contributed by atoms with Gasteiger partial charge in [0.05, 0.1) is 0 Å². The summed E-state index contributed by atoms with van der Waals surface area (Å²) in [6.45, 7) is 0.760. The molecule has 2 aromatic rings. The highest BCUT2D eigenvalue weighted by Gasteiger charge is 2.17. The lowest BCUT2D eigenvalue weighted by Crippen LogP contribution is -2.09. The molecule has 1 aromatic carbocycles. The van der Waals surface area contributed by atoms with Gasteiger partial charge in [0.2, 0.25) is 0 Å². The van der Waals surface area contributed by atoms with Crippen molar-refractivity contribution in [1.82, 2.24) is 4.57 Å². The molecule has 3 rings (SSSR count). The molecule has 1 aliphatic carbocycles. The number of aryl methyl sites for hydroxylation is 1. The van der Waals surface area contributed by atoms with Gasteiger partial charge in [-0.25, -0.2) is 0 Å². The summed E-state index contributed by atoms with van der Waals surface area (Å²) in [5, 5.41) is 1.38. The molecule has 0 amide bonds. The van der Waals surface area contributed by atoms with E-state index in [1.54, 1.807) is 6.07 Å². The van der Waals surface area contributed by atoms with Gasteiger partial charge in [-0.15, -0.1) is 0 Å². The molecule has 0 saturated heterocycles. The number of hydrogen-bond donors (Lipinski definition) is 1. The molecule has 0 aliphatic heterocycles. The van der Waals surface area contributed by atoms with E-state index >= 15 is 0 Å². The molecule has 1 unspecified atom stereocenters. The Morgan fingerprint density at radius 2 is 2.05 bits per heavy atom. The maximum Gasteiger partial charge on any atom is 0.0485 e. The van der Waals surface area contributed by atoms with Crippen molar-refractivity contribution in [2.45, 2.75) is 38.3 Å². The lowest BCUT2D eigenvalue weighted by atomic mass is 10.1. The lowest BCUT2D eigenvalue weighted by Gasteiger charge is -2.08. The molecule has 0 fully saturated rings. The van der Waals surface area contributed by atoms with Crippen LogP contribution in [-0.2, 0) is 13.0 Å². The van der Waals surface area contributed by atoms with Crippen LogP contribution in [0.1, 0.15) is 42.0 Å². The summed E-state index contributed by atoms with van der Waals surface area (Å²) in [4.78, 5) is 0. The van der Waals surface area contributed by atoms with Gasteiger partial charge in [0.1, 0.15) is 0 Å². The summed E-state index contributed by atoms with van der Waals surface area (Å²) in [6.07, 6.45) is 9.05. The highest BCUT2D eigenvalue weighted by molar-refractivity contribution is 6.35. The normalized spacial score (nSPS) is 18.6. The highest BCUT2D eigenvalue weighted by atomic mass is 35.5. The molecule has 106 valence electrons. The second-order valence-electron chi connectivity index (χ2n) is 5.50. The molecule has 1 aromatic heterocycles. The summed E-state index contributed by atoms with van der Waals surface area (Å²) in [5.41, 5.74) is 10.0. The zero-order valence-electron chi connectivity index (χ0n) is 11.3. The first-order chi connectivity index (χ1) is 9.63. The van der Waals surface area contributed by atoms with Crippen LogP contribution in [0.5, 0.6) is 0 Å². The number of benzene rings is 1. The number of hydrogen-bond acceptors (Lipinski definition) is 1. The van der Waals surface area contributed by atoms with Crippen molar-refractivity contribution in [2.75, 3.05) is 0 Å².